The SMILES string of the molecule is O=C1[C@H]2[C@H]3C[C@@H](C4=Cc5sc(=O)[nH]c5S[C@H]43)[C@H]2C(=O)N1/N=C\c1ccc(Cl)cc1. The predicted octanol–water partition coefficient (Wildman–Crippen LogP) is 3.23. The van der Waals surface area contributed by atoms with Gasteiger partial charge in [-0.05, 0) is 42.0 Å². The molecule has 3 heterocycles. The van der Waals surface area contributed by atoms with Crippen molar-refractivity contribution in [3.63, 3.8) is 0 Å². The van der Waals surface area contributed by atoms with Crippen molar-refractivity contribution in [2.45, 2.75) is 16.7 Å². The molecule has 5 atom stereocenters. The van der Waals surface area contributed by atoms with E-state index in [2.05, 4.69) is 16.2 Å². The van der Waals surface area contributed by atoms with Gasteiger partial charge >= 0.3 is 4.87 Å². The van der Waals surface area contributed by atoms with Gasteiger partial charge in [-0.1, -0.05) is 52.4 Å². The molecule has 0 spiro atoms. The van der Waals surface area contributed by atoms with Gasteiger partial charge in [-0.2, -0.15) is 10.1 Å². The number of hydrogen-bond donors (Lipinski definition) is 1. The summed E-state index contributed by atoms with van der Waals surface area (Å²) in [7, 11) is 0. The Kier molecular flexibility index (Phi) is 3.76. The monoisotopic (exact) mass is 443 g/mol. The van der Waals surface area contributed by atoms with Gasteiger partial charge in [0.2, 0.25) is 0 Å². The summed E-state index contributed by atoms with van der Waals surface area (Å²) in [6.45, 7) is 0. The highest BCUT2D eigenvalue weighted by atomic mass is 35.5. The number of hydrazone groups is 1. The molecule has 2 aromatic rings. The Morgan fingerprint density at radius 3 is 2.69 bits per heavy atom. The predicted molar refractivity (Wildman–Crippen MR) is 112 cm³/mol. The van der Waals surface area contributed by atoms with Gasteiger partial charge in [-0.25, -0.2) is 0 Å². The van der Waals surface area contributed by atoms with Crippen molar-refractivity contribution in [3.8, 4) is 0 Å². The normalized spacial score (nSPS) is 32.0. The molecule has 6 nitrogen and oxygen atoms in total. The highest BCUT2D eigenvalue weighted by Crippen LogP contribution is 2.64. The maximum absolute atomic E-state index is 13.1. The maximum atomic E-state index is 13.1. The van der Waals surface area contributed by atoms with Crippen molar-refractivity contribution >= 4 is 58.8 Å². The van der Waals surface area contributed by atoms with Crippen LogP contribution in [0.2, 0.25) is 5.02 Å². The Hall–Kier alpha value is -2.16. The molecular weight excluding hydrogens is 430 g/mol. The molecule has 2 bridgehead atoms. The molecule has 0 radical (unpaired) electrons. The number of benzene rings is 1. The molecule has 29 heavy (non-hydrogen) atoms. The largest absolute Gasteiger partial charge is 0.307 e. The van der Waals surface area contributed by atoms with Crippen molar-refractivity contribution in [3.05, 3.63) is 55.0 Å². The molecule has 0 unspecified atom stereocenters. The van der Waals surface area contributed by atoms with Gasteiger partial charge in [0.05, 0.1) is 28.0 Å². The summed E-state index contributed by atoms with van der Waals surface area (Å²) in [6.07, 6.45) is 4.44. The van der Waals surface area contributed by atoms with Crippen LogP contribution in [0.25, 0.3) is 6.08 Å². The molecule has 4 aliphatic rings. The fourth-order valence-corrected chi connectivity index (χ4v) is 7.75. The third-order valence-electron chi connectivity index (χ3n) is 6.32. The number of hydrogen-bond acceptors (Lipinski definition) is 6. The molecule has 2 aliphatic heterocycles. The fourth-order valence-electron chi connectivity index (χ4n) is 5.19. The van der Waals surface area contributed by atoms with Gasteiger partial charge in [0.25, 0.3) is 11.8 Å². The minimum atomic E-state index is -0.338. The molecular formula is C20H14ClN3O3S2. The van der Waals surface area contributed by atoms with Crippen molar-refractivity contribution < 1.29 is 9.59 Å². The Bertz CT molecular complexity index is 1180. The number of thiazole rings is 1. The Morgan fingerprint density at radius 1 is 1.14 bits per heavy atom. The summed E-state index contributed by atoms with van der Waals surface area (Å²) < 4.78 is 0. The number of carbonyl (C=O) groups excluding carboxylic acids is 2. The second kappa shape index (κ2) is 6.17. The van der Waals surface area contributed by atoms with Gasteiger partial charge in [-0.15, -0.1) is 0 Å². The zero-order valence-corrected chi connectivity index (χ0v) is 17.3. The van der Waals surface area contributed by atoms with E-state index in [4.69, 9.17) is 11.6 Å². The average Bonchev–Trinajstić information content (AvgIpc) is 3.41. The number of carbonyl (C=O) groups is 2. The number of amides is 2. The second-order valence-corrected chi connectivity index (χ2v) is 10.3. The van der Waals surface area contributed by atoms with E-state index in [1.165, 1.54) is 23.1 Å². The maximum Gasteiger partial charge on any atom is 0.305 e. The summed E-state index contributed by atoms with van der Waals surface area (Å²) in [5, 5.41) is 6.92. The number of H-pyrrole nitrogens is 1. The van der Waals surface area contributed by atoms with E-state index >= 15 is 0 Å². The highest BCUT2D eigenvalue weighted by Gasteiger charge is 2.66. The van der Waals surface area contributed by atoms with Crippen LogP contribution in [0.15, 0.2) is 44.8 Å². The van der Waals surface area contributed by atoms with Crippen LogP contribution in [0, 0.1) is 23.7 Å². The summed E-state index contributed by atoms with van der Waals surface area (Å²) in [4.78, 5) is 41.6. The van der Waals surface area contributed by atoms with Gasteiger partial charge in [0.15, 0.2) is 0 Å². The number of nitrogens with zero attached hydrogens (tertiary/aromatic N) is 2. The Morgan fingerprint density at radius 2 is 1.90 bits per heavy atom. The van der Waals surface area contributed by atoms with Gasteiger partial charge < -0.3 is 4.98 Å². The first-order valence-corrected chi connectivity index (χ1v) is 11.4. The molecule has 9 heteroatoms. The topological polar surface area (TPSA) is 82.6 Å². The number of aromatic amines is 1. The summed E-state index contributed by atoms with van der Waals surface area (Å²) in [6, 6.07) is 7.05. The molecule has 1 aromatic heterocycles. The third kappa shape index (κ3) is 2.49. The van der Waals surface area contributed by atoms with Gasteiger partial charge in [0.1, 0.15) is 0 Å². The highest BCUT2D eigenvalue weighted by molar-refractivity contribution is 8.00. The molecule has 2 amide bonds. The summed E-state index contributed by atoms with van der Waals surface area (Å²) >= 11 is 8.72. The van der Waals surface area contributed by atoms with Crippen LogP contribution >= 0.6 is 34.7 Å². The van der Waals surface area contributed by atoms with Crippen LogP contribution in [0.1, 0.15) is 16.9 Å². The minimum absolute atomic E-state index is 0.0556. The molecule has 146 valence electrons. The van der Waals surface area contributed by atoms with Crippen molar-refractivity contribution in [1.82, 2.24) is 9.99 Å². The van der Waals surface area contributed by atoms with E-state index in [1.807, 2.05) is 0 Å². The zero-order chi connectivity index (χ0) is 19.9. The Labute approximate surface area is 178 Å². The van der Waals surface area contributed by atoms with Crippen LogP contribution in [-0.4, -0.2) is 33.3 Å². The van der Waals surface area contributed by atoms with E-state index in [0.717, 1.165) is 26.9 Å². The molecule has 2 saturated carbocycles. The van der Waals surface area contributed by atoms with Crippen LogP contribution in [0.3, 0.4) is 0 Å². The lowest BCUT2D eigenvalue weighted by Crippen LogP contribution is -2.34. The van der Waals surface area contributed by atoms with Crippen molar-refractivity contribution in [1.29, 1.82) is 0 Å². The molecule has 2 aliphatic carbocycles. The van der Waals surface area contributed by atoms with Crippen LogP contribution in [0.4, 0.5) is 0 Å². The number of nitrogens with one attached hydrogen (secondary N) is 1. The zero-order valence-electron chi connectivity index (χ0n) is 14.9. The van der Waals surface area contributed by atoms with E-state index in [0.29, 0.717) is 5.02 Å². The Balaban J connectivity index is 1.32. The van der Waals surface area contributed by atoms with E-state index < -0.39 is 0 Å². The molecule has 3 fully saturated rings. The first-order chi connectivity index (χ1) is 14.0. The van der Waals surface area contributed by atoms with Gasteiger partial charge in [-0.3, -0.25) is 14.4 Å². The number of fused-ring (bicyclic) bond motifs is 9. The first kappa shape index (κ1) is 17.7. The lowest BCUT2D eigenvalue weighted by molar-refractivity contribution is -0.140. The first-order valence-electron chi connectivity index (χ1n) is 9.30. The van der Waals surface area contributed by atoms with E-state index in [-0.39, 0.29) is 45.6 Å². The lowest BCUT2D eigenvalue weighted by Gasteiger charge is -2.32. The number of thioether (sulfide) groups is 1. The van der Waals surface area contributed by atoms with Crippen molar-refractivity contribution in [2.24, 2.45) is 28.8 Å². The summed E-state index contributed by atoms with van der Waals surface area (Å²) in [5.74, 6) is -0.922. The standard InChI is InChI=1S/C20H14ClN3O3S2/c21-9-3-1-8(2-4-9)7-22-24-18(25)14-10-5-12(15(14)19(24)26)16-11(10)6-13-17(29-16)23-20(27)28-13/h1-4,6-7,10,12,14-16H,5H2,(H,23,27)/b22-7-/t10-,12+,14+,15-,16+/m0/s1. The average molecular weight is 444 g/mol. The molecule has 6 rings (SSSR count). The number of halogens is 1. The van der Waals surface area contributed by atoms with Crippen LogP contribution in [-0.2, 0) is 9.59 Å². The van der Waals surface area contributed by atoms with Crippen molar-refractivity contribution in [2.75, 3.05) is 0 Å². The molecule has 1 saturated heterocycles. The molecule has 1 N–H and O–H groups in total. The van der Waals surface area contributed by atoms with Gasteiger partial charge in [0, 0.05) is 10.3 Å². The van der Waals surface area contributed by atoms with E-state index in [1.54, 1.807) is 36.0 Å². The fraction of sp³-hybridized carbons (Fsp3) is 0.300. The molecule has 1 aromatic carbocycles. The van der Waals surface area contributed by atoms with E-state index in [9.17, 15) is 14.4 Å². The summed E-state index contributed by atoms with van der Waals surface area (Å²) in [5.41, 5.74) is 1.98. The quantitative estimate of drug-likeness (QED) is 0.570. The number of rotatable bonds is 2. The number of aromatic nitrogens is 1. The van der Waals surface area contributed by atoms with Crippen LogP contribution in [0.5, 0.6) is 0 Å². The smallest absolute Gasteiger partial charge is 0.305 e. The third-order valence-corrected chi connectivity index (χ3v) is 8.96. The minimum Gasteiger partial charge on any atom is -0.307 e. The number of imide groups is 1. The van der Waals surface area contributed by atoms with Crippen LogP contribution < -0.4 is 4.87 Å². The second-order valence-electron chi connectivity index (χ2n) is 7.73. The lowest BCUT2D eigenvalue weighted by atomic mass is 9.77.